The van der Waals surface area contributed by atoms with E-state index in [2.05, 4.69) is 9.97 Å². The van der Waals surface area contributed by atoms with Crippen molar-refractivity contribution < 1.29 is 4.74 Å². The number of ether oxygens (including phenoxy) is 1. The van der Waals surface area contributed by atoms with Crippen LogP contribution < -0.4 is 16.2 Å². The zero-order chi connectivity index (χ0) is 18.8. The van der Waals surface area contributed by atoms with Crippen molar-refractivity contribution in [2.75, 3.05) is 11.5 Å². The van der Waals surface area contributed by atoms with E-state index in [1.807, 2.05) is 48.5 Å². The minimum Gasteiger partial charge on any atom is -0.487 e. The molecule has 0 radical (unpaired) electrons. The third-order valence-corrected chi connectivity index (χ3v) is 4.47. The van der Waals surface area contributed by atoms with E-state index < -0.39 is 0 Å². The van der Waals surface area contributed by atoms with Crippen LogP contribution in [0.3, 0.4) is 0 Å². The van der Waals surface area contributed by atoms with Crippen molar-refractivity contribution in [2.24, 2.45) is 0 Å². The van der Waals surface area contributed by atoms with Gasteiger partial charge in [-0.2, -0.15) is 0 Å². The summed E-state index contributed by atoms with van der Waals surface area (Å²) in [5.41, 5.74) is 15.1. The Hall–Kier alpha value is -3.31. The highest BCUT2D eigenvalue weighted by Gasteiger charge is 2.11. The Balaban J connectivity index is 1.62. The van der Waals surface area contributed by atoms with Crippen LogP contribution in [0.2, 0.25) is 5.02 Å². The molecule has 0 aliphatic rings. The van der Waals surface area contributed by atoms with Crippen molar-refractivity contribution in [2.45, 2.75) is 6.61 Å². The molecule has 0 aliphatic heterocycles. The maximum Gasteiger partial charge on any atom is 0.162 e. The number of fused-ring (bicyclic) bond motifs is 1. The summed E-state index contributed by atoms with van der Waals surface area (Å²) in [6.07, 6.45) is 0. The lowest BCUT2D eigenvalue weighted by Crippen LogP contribution is -1.99. The van der Waals surface area contributed by atoms with Gasteiger partial charge in [0, 0.05) is 16.6 Å². The van der Waals surface area contributed by atoms with Gasteiger partial charge >= 0.3 is 0 Å². The number of nitrogen functional groups attached to an aromatic ring is 2. The summed E-state index contributed by atoms with van der Waals surface area (Å²) in [7, 11) is 0. The van der Waals surface area contributed by atoms with Crippen LogP contribution in [0, 0.1) is 0 Å². The van der Waals surface area contributed by atoms with Crippen molar-refractivity contribution in [1.82, 2.24) is 9.97 Å². The van der Waals surface area contributed by atoms with Crippen LogP contribution >= 0.6 is 11.6 Å². The van der Waals surface area contributed by atoms with E-state index in [4.69, 9.17) is 27.8 Å². The SMILES string of the molecule is Nc1ccc2nc(-c3ccc(OCc4ccccc4)c(Cl)c3)nc(N)c2c1. The van der Waals surface area contributed by atoms with Gasteiger partial charge in [-0.25, -0.2) is 9.97 Å². The minimum absolute atomic E-state index is 0.378. The highest BCUT2D eigenvalue weighted by atomic mass is 35.5. The van der Waals surface area contributed by atoms with E-state index in [0.29, 0.717) is 34.7 Å². The predicted molar refractivity (Wildman–Crippen MR) is 110 cm³/mol. The fraction of sp³-hybridized carbons (Fsp3) is 0.0476. The molecule has 0 unspecified atom stereocenters. The zero-order valence-corrected chi connectivity index (χ0v) is 15.1. The molecule has 4 aromatic rings. The smallest absolute Gasteiger partial charge is 0.162 e. The van der Waals surface area contributed by atoms with Crippen molar-refractivity contribution in [3.05, 3.63) is 77.3 Å². The summed E-state index contributed by atoms with van der Waals surface area (Å²) in [4.78, 5) is 8.95. The van der Waals surface area contributed by atoms with Gasteiger partial charge in [-0.3, -0.25) is 0 Å². The number of anilines is 2. The van der Waals surface area contributed by atoms with Gasteiger partial charge in [0.15, 0.2) is 5.82 Å². The molecular formula is C21H17ClN4O. The number of hydrogen-bond donors (Lipinski definition) is 2. The monoisotopic (exact) mass is 376 g/mol. The molecule has 27 heavy (non-hydrogen) atoms. The van der Waals surface area contributed by atoms with E-state index in [1.54, 1.807) is 18.2 Å². The van der Waals surface area contributed by atoms with Crippen molar-refractivity contribution in [3.8, 4) is 17.1 Å². The van der Waals surface area contributed by atoms with Gasteiger partial charge in [-0.1, -0.05) is 41.9 Å². The molecule has 0 bridgehead atoms. The van der Waals surface area contributed by atoms with Crippen LogP contribution in [0.25, 0.3) is 22.3 Å². The van der Waals surface area contributed by atoms with Crippen LogP contribution in [0.1, 0.15) is 5.56 Å². The average molecular weight is 377 g/mol. The molecule has 4 N–H and O–H groups in total. The van der Waals surface area contributed by atoms with Crippen LogP contribution in [0.5, 0.6) is 5.75 Å². The number of nitrogens with zero attached hydrogens (tertiary/aromatic N) is 2. The molecule has 134 valence electrons. The molecule has 3 aromatic carbocycles. The quantitative estimate of drug-likeness (QED) is 0.504. The number of benzene rings is 3. The van der Waals surface area contributed by atoms with Gasteiger partial charge in [-0.05, 0) is 42.0 Å². The molecule has 0 fully saturated rings. The van der Waals surface area contributed by atoms with Crippen LogP contribution in [-0.2, 0) is 6.61 Å². The number of aromatic nitrogens is 2. The maximum atomic E-state index is 6.40. The molecule has 0 amide bonds. The second-order valence-electron chi connectivity index (χ2n) is 6.13. The Morgan fingerprint density at radius 2 is 1.70 bits per heavy atom. The molecule has 0 aliphatic carbocycles. The first-order chi connectivity index (χ1) is 13.1. The van der Waals surface area contributed by atoms with Crippen molar-refractivity contribution >= 4 is 34.0 Å². The standard InChI is InChI=1S/C21H17ClN4O/c22-17-10-14(6-9-19(17)27-12-13-4-2-1-3-5-13)21-25-18-8-7-15(23)11-16(18)20(24)26-21/h1-11H,12,23H2,(H2,24,25,26). The second-order valence-corrected chi connectivity index (χ2v) is 6.54. The molecule has 6 heteroatoms. The molecule has 5 nitrogen and oxygen atoms in total. The largest absolute Gasteiger partial charge is 0.487 e. The average Bonchev–Trinajstić information content (AvgIpc) is 2.68. The first kappa shape index (κ1) is 17.1. The normalized spacial score (nSPS) is 10.9. The first-order valence-electron chi connectivity index (χ1n) is 8.39. The van der Waals surface area contributed by atoms with Crippen molar-refractivity contribution in [3.63, 3.8) is 0 Å². The summed E-state index contributed by atoms with van der Waals surface area (Å²) in [6.45, 7) is 0.445. The molecule has 1 heterocycles. The molecule has 1 aromatic heterocycles. The molecule has 0 saturated heterocycles. The van der Waals surface area contributed by atoms with E-state index in [1.165, 1.54) is 0 Å². The third-order valence-electron chi connectivity index (χ3n) is 4.18. The Bertz CT molecular complexity index is 1120. The highest BCUT2D eigenvalue weighted by Crippen LogP contribution is 2.31. The van der Waals surface area contributed by atoms with Crippen LogP contribution in [0.15, 0.2) is 66.7 Å². The Morgan fingerprint density at radius 1 is 0.889 bits per heavy atom. The van der Waals surface area contributed by atoms with E-state index in [-0.39, 0.29) is 0 Å². The van der Waals surface area contributed by atoms with Gasteiger partial charge in [0.1, 0.15) is 18.2 Å². The summed E-state index contributed by atoms with van der Waals surface area (Å²) in [6, 6.07) is 20.7. The van der Waals surface area contributed by atoms with Gasteiger partial charge in [0.05, 0.1) is 10.5 Å². The fourth-order valence-electron chi connectivity index (χ4n) is 2.79. The van der Waals surface area contributed by atoms with Crippen LogP contribution in [0.4, 0.5) is 11.5 Å². The van der Waals surface area contributed by atoms with Gasteiger partial charge < -0.3 is 16.2 Å². The molecular weight excluding hydrogens is 360 g/mol. The number of nitrogens with two attached hydrogens (primary N) is 2. The maximum absolute atomic E-state index is 6.40. The fourth-order valence-corrected chi connectivity index (χ4v) is 3.03. The lowest BCUT2D eigenvalue weighted by Gasteiger charge is -2.10. The van der Waals surface area contributed by atoms with Gasteiger partial charge in [-0.15, -0.1) is 0 Å². The topological polar surface area (TPSA) is 87.0 Å². The lowest BCUT2D eigenvalue weighted by molar-refractivity contribution is 0.306. The minimum atomic E-state index is 0.378. The number of halogens is 1. The Kier molecular flexibility index (Phi) is 4.52. The zero-order valence-electron chi connectivity index (χ0n) is 14.4. The van der Waals surface area contributed by atoms with Crippen LogP contribution in [-0.4, -0.2) is 9.97 Å². The van der Waals surface area contributed by atoms with Gasteiger partial charge in [0.25, 0.3) is 0 Å². The lowest BCUT2D eigenvalue weighted by atomic mass is 10.1. The third kappa shape index (κ3) is 3.64. The highest BCUT2D eigenvalue weighted by molar-refractivity contribution is 6.32. The summed E-state index contributed by atoms with van der Waals surface area (Å²) >= 11 is 6.40. The Labute approximate surface area is 161 Å². The molecule has 0 saturated carbocycles. The van der Waals surface area contributed by atoms with Crippen molar-refractivity contribution in [1.29, 1.82) is 0 Å². The van der Waals surface area contributed by atoms with E-state index in [0.717, 1.165) is 22.0 Å². The van der Waals surface area contributed by atoms with E-state index in [9.17, 15) is 0 Å². The number of rotatable bonds is 4. The molecule has 0 atom stereocenters. The molecule has 4 rings (SSSR count). The van der Waals surface area contributed by atoms with Gasteiger partial charge in [0.2, 0.25) is 0 Å². The summed E-state index contributed by atoms with van der Waals surface area (Å²) in [5.74, 6) is 1.48. The summed E-state index contributed by atoms with van der Waals surface area (Å²) < 4.78 is 5.81. The summed E-state index contributed by atoms with van der Waals surface area (Å²) in [5, 5.41) is 1.22. The predicted octanol–water partition coefficient (Wildman–Crippen LogP) is 4.69. The Morgan fingerprint density at radius 3 is 2.48 bits per heavy atom. The molecule has 0 spiro atoms. The number of hydrogen-bond acceptors (Lipinski definition) is 5. The second kappa shape index (κ2) is 7.13. The van der Waals surface area contributed by atoms with E-state index >= 15 is 0 Å². The first-order valence-corrected chi connectivity index (χ1v) is 8.77.